The Labute approximate surface area is 168 Å². The molecule has 1 aliphatic rings. The first-order chi connectivity index (χ1) is 13.7. The van der Waals surface area contributed by atoms with E-state index in [0.717, 1.165) is 27.5 Å². The molecule has 1 fully saturated rings. The Morgan fingerprint density at radius 3 is 2.59 bits per heavy atom. The summed E-state index contributed by atoms with van der Waals surface area (Å²) in [5, 5.41) is 0.641. The Balaban J connectivity index is 1.44. The van der Waals surface area contributed by atoms with Gasteiger partial charge in [-0.25, -0.2) is 15.0 Å². The Kier molecular flexibility index (Phi) is 5.03. The minimum Gasteiger partial charge on any atom is -0.338 e. The lowest BCUT2D eigenvalue weighted by Crippen LogP contribution is -2.47. The molecule has 154 valence electrons. The SMILES string of the molecule is Cc1sc2nc(CN3CCN(c4nccc(C(F)(F)F)n4)CC3)[nH]c(=O)c2c1C. The number of nitrogens with one attached hydrogen (secondary N) is 1. The predicted molar refractivity (Wildman–Crippen MR) is 104 cm³/mol. The van der Waals surface area contributed by atoms with E-state index in [1.807, 2.05) is 13.8 Å². The average Bonchev–Trinajstić information content (AvgIpc) is 2.96. The van der Waals surface area contributed by atoms with E-state index in [-0.39, 0.29) is 11.5 Å². The molecule has 7 nitrogen and oxygen atoms in total. The van der Waals surface area contributed by atoms with Crippen LogP contribution in [0.25, 0.3) is 10.2 Å². The maximum absolute atomic E-state index is 12.9. The second-order valence-electron chi connectivity index (χ2n) is 6.98. The van der Waals surface area contributed by atoms with Crippen molar-refractivity contribution in [2.45, 2.75) is 26.6 Å². The number of rotatable bonds is 3. The van der Waals surface area contributed by atoms with Crippen molar-refractivity contribution in [2.75, 3.05) is 31.1 Å². The third-order valence-electron chi connectivity index (χ3n) is 5.05. The van der Waals surface area contributed by atoms with Crippen molar-refractivity contribution in [1.82, 2.24) is 24.8 Å². The number of halogens is 3. The summed E-state index contributed by atoms with van der Waals surface area (Å²) in [6, 6.07) is 0.867. The third-order valence-corrected chi connectivity index (χ3v) is 6.15. The number of alkyl halides is 3. The number of H-pyrrole nitrogens is 1. The Hall–Kier alpha value is -2.53. The number of hydrogen-bond acceptors (Lipinski definition) is 7. The van der Waals surface area contributed by atoms with Gasteiger partial charge in [0.15, 0.2) is 0 Å². The number of hydrogen-bond donors (Lipinski definition) is 1. The van der Waals surface area contributed by atoms with Crippen LogP contribution in [0.4, 0.5) is 19.1 Å². The summed E-state index contributed by atoms with van der Waals surface area (Å²) in [6.45, 7) is 6.54. The van der Waals surface area contributed by atoms with Gasteiger partial charge in [0.05, 0.1) is 11.9 Å². The molecule has 1 saturated heterocycles. The van der Waals surface area contributed by atoms with E-state index in [1.54, 1.807) is 4.90 Å². The molecule has 0 bridgehead atoms. The predicted octanol–water partition coefficient (Wildman–Crippen LogP) is 2.73. The summed E-state index contributed by atoms with van der Waals surface area (Å²) in [5.74, 6) is 0.671. The van der Waals surface area contributed by atoms with Crippen molar-refractivity contribution >= 4 is 27.5 Å². The monoisotopic (exact) mass is 424 g/mol. The molecular weight excluding hydrogens is 405 g/mol. The standard InChI is InChI=1S/C18H19F3N6OS/c1-10-11(2)29-16-14(10)15(28)24-13(25-16)9-26-5-7-27(8-6-26)17-22-4-3-12(23-17)18(19,20)21/h3-4H,5-9H2,1-2H3,(H,24,25,28). The van der Waals surface area contributed by atoms with Crippen LogP contribution >= 0.6 is 11.3 Å². The van der Waals surface area contributed by atoms with Gasteiger partial charge >= 0.3 is 6.18 Å². The molecule has 3 aromatic heterocycles. The summed E-state index contributed by atoms with van der Waals surface area (Å²) < 4.78 is 38.6. The number of thiophene rings is 1. The highest BCUT2D eigenvalue weighted by Gasteiger charge is 2.33. The molecule has 4 rings (SSSR count). The number of aromatic amines is 1. The fraction of sp³-hybridized carbons (Fsp3) is 0.444. The fourth-order valence-corrected chi connectivity index (χ4v) is 4.40. The van der Waals surface area contributed by atoms with Crippen molar-refractivity contribution in [1.29, 1.82) is 0 Å². The van der Waals surface area contributed by atoms with Crippen LogP contribution in [0, 0.1) is 13.8 Å². The largest absolute Gasteiger partial charge is 0.433 e. The average molecular weight is 424 g/mol. The highest BCUT2D eigenvalue weighted by atomic mass is 32.1. The normalized spacial score (nSPS) is 16.0. The Bertz CT molecular complexity index is 1100. The van der Waals surface area contributed by atoms with Crippen molar-refractivity contribution < 1.29 is 13.2 Å². The molecule has 0 spiro atoms. The topological polar surface area (TPSA) is 78.0 Å². The molecule has 0 saturated carbocycles. The van der Waals surface area contributed by atoms with Crippen molar-refractivity contribution in [3.63, 3.8) is 0 Å². The number of aromatic nitrogens is 4. The first-order valence-corrected chi connectivity index (χ1v) is 9.90. The first kappa shape index (κ1) is 19.8. The van der Waals surface area contributed by atoms with Crippen molar-refractivity contribution in [2.24, 2.45) is 0 Å². The number of piperazine rings is 1. The van der Waals surface area contributed by atoms with Gasteiger partial charge in [-0.1, -0.05) is 0 Å². The third kappa shape index (κ3) is 3.97. The van der Waals surface area contributed by atoms with Crippen LogP contribution in [-0.2, 0) is 12.7 Å². The van der Waals surface area contributed by atoms with Crippen LogP contribution in [0.3, 0.4) is 0 Å². The second-order valence-corrected chi connectivity index (χ2v) is 8.18. The lowest BCUT2D eigenvalue weighted by molar-refractivity contribution is -0.141. The molecule has 4 heterocycles. The van der Waals surface area contributed by atoms with Crippen molar-refractivity contribution in [3.8, 4) is 0 Å². The van der Waals surface area contributed by atoms with Gasteiger partial charge < -0.3 is 9.88 Å². The number of anilines is 1. The zero-order valence-corrected chi connectivity index (χ0v) is 16.7. The molecule has 29 heavy (non-hydrogen) atoms. The first-order valence-electron chi connectivity index (χ1n) is 9.09. The minimum atomic E-state index is -4.49. The molecule has 0 unspecified atom stereocenters. The summed E-state index contributed by atoms with van der Waals surface area (Å²) in [7, 11) is 0. The van der Waals surface area contributed by atoms with Crippen molar-refractivity contribution in [3.05, 3.63) is 44.6 Å². The van der Waals surface area contributed by atoms with Crippen LogP contribution < -0.4 is 10.5 Å². The van der Waals surface area contributed by atoms with E-state index in [2.05, 4.69) is 24.8 Å². The summed E-state index contributed by atoms with van der Waals surface area (Å²) >= 11 is 1.50. The molecule has 0 radical (unpaired) electrons. The number of aryl methyl sites for hydroxylation is 2. The lowest BCUT2D eigenvalue weighted by Gasteiger charge is -2.34. The van der Waals surface area contributed by atoms with Gasteiger partial charge in [0.25, 0.3) is 5.56 Å². The highest BCUT2D eigenvalue weighted by Crippen LogP contribution is 2.28. The van der Waals surface area contributed by atoms with Crippen LogP contribution in [0.15, 0.2) is 17.1 Å². The smallest absolute Gasteiger partial charge is 0.338 e. The van der Waals surface area contributed by atoms with E-state index >= 15 is 0 Å². The molecular formula is C18H19F3N6OS. The highest BCUT2D eigenvalue weighted by molar-refractivity contribution is 7.18. The number of fused-ring (bicyclic) bond motifs is 1. The van der Waals surface area contributed by atoms with E-state index in [0.29, 0.717) is 43.9 Å². The minimum absolute atomic E-state index is 0.0805. The van der Waals surface area contributed by atoms with Gasteiger partial charge in [-0.05, 0) is 25.5 Å². The zero-order chi connectivity index (χ0) is 20.8. The molecule has 11 heteroatoms. The van der Waals surface area contributed by atoms with Crippen LogP contribution in [0.1, 0.15) is 22.0 Å². The summed E-state index contributed by atoms with van der Waals surface area (Å²) in [4.78, 5) is 33.1. The van der Waals surface area contributed by atoms with Gasteiger partial charge in [-0.3, -0.25) is 9.69 Å². The summed E-state index contributed by atoms with van der Waals surface area (Å²) in [6.07, 6.45) is -3.36. The molecule has 0 amide bonds. The zero-order valence-electron chi connectivity index (χ0n) is 15.9. The summed E-state index contributed by atoms with van der Waals surface area (Å²) in [5.41, 5.74) is -0.121. The van der Waals surface area contributed by atoms with E-state index in [4.69, 9.17) is 0 Å². The van der Waals surface area contributed by atoms with Gasteiger partial charge in [-0.2, -0.15) is 13.2 Å². The van der Waals surface area contributed by atoms with E-state index in [1.165, 1.54) is 11.3 Å². The molecule has 1 aliphatic heterocycles. The molecule has 3 aromatic rings. The molecule has 0 atom stereocenters. The lowest BCUT2D eigenvalue weighted by atomic mass is 10.2. The fourth-order valence-electron chi connectivity index (χ4n) is 3.35. The van der Waals surface area contributed by atoms with Gasteiger partial charge in [-0.15, -0.1) is 11.3 Å². The second kappa shape index (κ2) is 7.38. The quantitative estimate of drug-likeness (QED) is 0.697. The van der Waals surface area contributed by atoms with Crippen LogP contribution in [0.2, 0.25) is 0 Å². The van der Waals surface area contributed by atoms with E-state index in [9.17, 15) is 18.0 Å². The van der Waals surface area contributed by atoms with Crippen LogP contribution in [-0.4, -0.2) is 51.0 Å². The Morgan fingerprint density at radius 2 is 1.90 bits per heavy atom. The molecule has 0 aromatic carbocycles. The maximum atomic E-state index is 12.9. The maximum Gasteiger partial charge on any atom is 0.433 e. The van der Waals surface area contributed by atoms with Crippen LogP contribution in [0.5, 0.6) is 0 Å². The Morgan fingerprint density at radius 1 is 1.17 bits per heavy atom. The van der Waals surface area contributed by atoms with Gasteiger partial charge in [0, 0.05) is 37.3 Å². The van der Waals surface area contributed by atoms with Gasteiger partial charge in [0.1, 0.15) is 16.3 Å². The number of nitrogens with zero attached hydrogens (tertiary/aromatic N) is 5. The molecule has 1 N–H and O–H groups in total. The molecule has 0 aliphatic carbocycles. The van der Waals surface area contributed by atoms with Gasteiger partial charge in [0.2, 0.25) is 5.95 Å². The van der Waals surface area contributed by atoms with E-state index < -0.39 is 11.9 Å².